The molecule has 3 atom stereocenters. The molecule has 4 nitrogen and oxygen atoms in total. The van der Waals surface area contributed by atoms with Gasteiger partial charge in [-0.05, 0) is 6.92 Å². The summed E-state index contributed by atoms with van der Waals surface area (Å²) in [5.41, 5.74) is 0. The van der Waals surface area contributed by atoms with Gasteiger partial charge in [0.2, 0.25) is 0 Å². The lowest BCUT2D eigenvalue weighted by molar-refractivity contribution is -0.000281. The quantitative estimate of drug-likeness (QED) is 0.526. The fourth-order valence-electron chi connectivity index (χ4n) is 0.916. The van der Waals surface area contributed by atoms with Crippen LogP contribution in [0.4, 0.5) is 0 Å². The molecule has 0 amide bonds. The minimum Gasteiger partial charge on any atom is -0.391 e. The van der Waals surface area contributed by atoms with Gasteiger partial charge in [-0.15, -0.1) is 0 Å². The maximum Gasteiger partial charge on any atom is 0.0835 e. The van der Waals surface area contributed by atoms with Crippen molar-refractivity contribution < 1.29 is 19.7 Å². The number of hydrogen-bond acceptors (Lipinski definition) is 4. The highest BCUT2D eigenvalue weighted by Gasteiger charge is 2.25. The van der Waals surface area contributed by atoms with E-state index in [-0.39, 0.29) is 19.3 Å². The Hall–Kier alpha value is -0.160. The second-order valence-electron chi connectivity index (χ2n) is 3.04. The second kappa shape index (κ2) is 4.77. The molecule has 71 valence electrons. The molecule has 0 saturated carbocycles. The molecular formula is C8H15O4. The number of hydrogen-bond donors (Lipinski definition) is 2. The predicted octanol–water partition coefficient (Wildman–Crippen LogP) is -0.652. The zero-order valence-corrected chi connectivity index (χ0v) is 6.98. The summed E-state index contributed by atoms with van der Waals surface area (Å²) in [4.78, 5) is 0. The fourth-order valence-corrected chi connectivity index (χ4v) is 0.916. The van der Waals surface area contributed by atoms with Gasteiger partial charge in [-0.3, -0.25) is 0 Å². The molecule has 1 aliphatic rings. The summed E-state index contributed by atoms with van der Waals surface area (Å²) in [5.74, 6) is 0. The molecular weight excluding hydrogens is 160 g/mol. The molecule has 0 aromatic carbocycles. The first-order valence-electron chi connectivity index (χ1n) is 4.07. The van der Waals surface area contributed by atoms with Gasteiger partial charge >= 0.3 is 0 Å². The van der Waals surface area contributed by atoms with Crippen molar-refractivity contribution in [2.24, 2.45) is 0 Å². The number of ether oxygens (including phenoxy) is 2. The van der Waals surface area contributed by atoms with E-state index >= 15 is 0 Å². The van der Waals surface area contributed by atoms with E-state index in [1.807, 2.05) is 0 Å². The van der Waals surface area contributed by atoms with Crippen LogP contribution in [0.15, 0.2) is 0 Å². The lowest BCUT2D eigenvalue weighted by Crippen LogP contribution is -2.21. The van der Waals surface area contributed by atoms with Crippen molar-refractivity contribution in [1.29, 1.82) is 0 Å². The molecule has 1 rings (SSSR count). The SMILES string of the molecule is [CH2]C(O)COCC(O)CC1CO1. The Bertz CT molecular complexity index is 122. The summed E-state index contributed by atoms with van der Waals surface area (Å²) in [6.45, 7) is 4.49. The van der Waals surface area contributed by atoms with Crippen molar-refractivity contribution >= 4 is 0 Å². The summed E-state index contributed by atoms with van der Waals surface area (Å²) in [5, 5.41) is 18.0. The van der Waals surface area contributed by atoms with Crippen LogP contribution in [-0.2, 0) is 9.47 Å². The zero-order chi connectivity index (χ0) is 8.97. The average Bonchev–Trinajstić information content (AvgIpc) is 2.70. The van der Waals surface area contributed by atoms with Crippen LogP contribution in [0.3, 0.4) is 0 Å². The van der Waals surface area contributed by atoms with E-state index in [4.69, 9.17) is 14.6 Å². The topological polar surface area (TPSA) is 62.2 Å². The van der Waals surface area contributed by atoms with Gasteiger partial charge < -0.3 is 19.7 Å². The Labute approximate surface area is 72.1 Å². The molecule has 0 spiro atoms. The van der Waals surface area contributed by atoms with Gasteiger partial charge in [0.25, 0.3) is 0 Å². The smallest absolute Gasteiger partial charge is 0.0835 e. The molecule has 1 radical (unpaired) electrons. The van der Waals surface area contributed by atoms with Gasteiger partial charge in [0.05, 0.1) is 38.1 Å². The van der Waals surface area contributed by atoms with Crippen molar-refractivity contribution in [3.05, 3.63) is 6.92 Å². The minimum atomic E-state index is -0.714. The van der Waals surface area contributed by atoms with Crippen LogP contribution in [0.5, 0.6) is 0 Å². The Morgan fingerprint density at radius 2 is 2.17 bits per heavy atom. The standard InChI is InChI=1S/C8H15O4/c1-6(9)3-11-4-7(10)2-8-5-12-8/h6-10H,1-5H2. The Morgan fingerprint density at radius 3 is 2.67 bits per heavy atom. The minimum absolute atomic E-state index is 0.169. The Morgan fingerprint density at radius 1 is 1.50 bits per heavy atom. The monoisotopic (exact) mass is 175 g/mol. The number of epoxide rings is 1. The highest BCUT2D eigenvalue weighted by molar-refractivity contribution is 4.73. The van der Waals surface area contributed by atoms with Crippen molar-refractivity contribution in [2.45, 2.75) is 24.7 Å². The first-order chi connectivity index (χ1) is 5.68. The van der Waals surface area contributed by atoms with Crippen LogP contribution >= 0.6 is 0 Å². The van der Waals surface area contributed by atoms with Gasteiger partial charge in [-0.25, -0.2) is 0 Å². The highest BCUT2D eigenvalue weighted by atomic mass is 16.6. The largest absolute Gasteiger partial charge is 0.391 e. The normalized spacial score (nSPS) is 26.8. The van der Waals surface area contributed by atoms with Crippen LogP contribution < -0.4 is 0 Å². The van der Waals surface area contributed by atoms with E-state index in [0.717, 1.165) is 6.61 Å². The average molecular weight is 175 g/mol. The molecule has 1 heterocycles. The summed E-state index contributed by atoms with van der Waals surface area (Å²) >= 11 is 0. The first kappa shape index (κ1) is 9.92. The molecule has 3 unspecified atom stereocenters. The van der Waals surface area contributed by atoms with E-state index < -0.39 is 12.2 Å². The maximum absolute atomic E-state index is 9.27. The molecule has 0 aliphatic carbocycles. The molecule has 1 fully saturated rings. The van der Waals surface area contributed by atoms with Crippen LogP contribution in [0.2, 0.25) is 0 Å². The molecule has 1 aliphatic heterocycles. The molecule has 0 bridgehead atoms. The van der Waals surface area contributed by atoms with Gasteiger partial charge in [0.15, 0.2) is 0 Å². The van der Waals surface area contributed by atoms with E-state index in [2.05, 4.69) is 6.92 Å². The summed E-state index contributed by atoms with van der Waals surface area (Å²) in [6.07, 6.45) is -0.369. The van der Waals surface area contributed by atoms with E-state index in [1.165, 1.54) is 0 Å². The molecule has 1 saturated heterocycles. The summed E-state index contributed by atoms with van der Waals surface area (Å²) in [6, 6.07) is 0. The lowest BCUT2D eigenvalue weighted by Gasteiger charge is -2.10. The third-order valence-electron chi connectivity index (χ3n) is 1.56. The molecule has 0 aromatic heterocycles. The molecule has 0 aromatic rings. The van der Waals surface area contributed by atoms with Crippen molar-refractivity contribution in [2.75, 3.05) is 19.8 Å². The third kappa shape index (κ3) is 4.66. The van der Waals surface area contributed by atoms with Crippen molar-refractivity contribution in [1.82, 2.24) is 0 Å². The van der Waals surface area contributed by atoms with E-state index in [9.17, 15) is 5.11 Å². The number of aliphatic hydroxyl groups is 2. The number of rotatable bonds is 6. The molecule has 4 heteroatoms. The maximum atomic E-state index is 9.27. The van der Waals surface area contributed by atoms with Crippen LogP contribution in [0.1, 0.15) is 6.42 Å². The van der Waals surface area contributed by atoms with Crippen LogP contribution in [-0.4, -0.2) is 48.3 Å². The summed E-state index contributed by atoms with van der Waals surface area (Å²) < 4.78 is 9.90. The van der Waals surface area contributed by atoms with Crippen LogP contribution in [0.25, 0.3) is 0 Å². The second-order valence-corrected chi connectivity index (χ2v) is 3.04. The Kier molecular flexibility index (Phi) is 3.94. The Balaban J connectivity index is 1.90. The molecule has 2 N–H and O–H groups in total. The third-order valence-corrected chi connectivity index (χ3v) is 1.56. The predicted molar refractivity (Wildman–Crippen MR) is 42.5 cm³/mol. The van der Waals surface area contributed by atoms with Gasteiger partial charge in [-0.1, -0.05) is 0 Å². The zero-order valence-electron chi connectivity index (χ0n) is 6.98. The number of aliphatic hydroxyl groups excluding tert-OH is 2. The van der Waals surface area contributed by atoms with E-state index in [1.54, 1.807) is 0 Å². The van der Waals surface area contributed by atoms with Gasteiger partial charge in [0.1, 0.15) is 0 Å². The highest BCUT2D eigenvalue weighted by Crippen LogP contribution is 2.15. The van der Waals surface area contributed by atoms with Gasteiger partial charge in [0, 0.05) is 6.42 Å². The first-order valence-corrected chi connectivity index (χ1v) is 4.07. The van der Waals surface area contributed by atoms with Crippen molar-refractivity contribution in [3.8, 4) is 0 Å². The van der Waals surface area contributed by atoms with Crippen LogP contribution in [0, 0.1) is 6.92 Å². The fraction of sp³-hybridized carbons (Fsp3) is 0.875. The van der Waals surface area contributed by atoms with Crippen molar-refractivity contribution in [3.63, 3.8) is 0 Å². The van der Waals surface area contributed by atoms with E-state index in [0.29, 0.717) is 6.42 Å². The van der Waals surface area contributed by atoms with Gasteiger partial charge in [-0.2, -0.15) is 0 Å². The summed E-state index contributed by atoms with van der Waals surface area (Å²) in [7, 11) is 0. The molecule has 12 heavy (non-hydrogen) atoms. The lowest BCUT2D eigenvalue weighted by atomic mass is 10.2.